The average Bonchev–Trinajstić information content (AvgIpc) is 2.98. The molecule has 0 saturated heterocycles. The highest BCUT2D eigenvalue weighted by Crippen LogP contribution is 2.26. The summed E-state index contributed by atoms with van der Waals surface area (Å²) < 4.78 is 5.02. The number of nitrogens with one attached hydrogen (secondary N) is 2. The van der Waals surface area contributed by atoms with Crippen LogP contribution in [0.5, 0.6) is 5.88 Å². The molecule has 0 saturated carbocycles. The zero-order chi connectivity index (χ0) is 20.3. The summed E-state index contributed by atoms with van der Waals surface area (Å²) in [6.07, 6.45) is 1.67. The quantitative estimate of drug-likeness (QED) is 0.612. The van der Waals surface area contributed by atoms with Gasteiger partial charge in [-0.1, -0.05) is 6.07 Å². The Balaban J connectivity index is 1.57. The molecule has 3 rings (SSSR count). The van der Waals surface area contributed by atoms with E-state index in [1.807, 2.05) is 26.8 Å². The van der Waals surface area contributed by atoms with Gasteiger partial charge in [-0.05, 0) is 31.9 Å². The molecule has 0 aliphatic rings. The minimum Gasteiger partial charge on any atom is -0.481 e. The van der Waals surface area contributed by atoms with Crippen LogP contribution < -0.4 is 15.6 Å². The van der Waals surface area contributed by atoms with Gasteiger partial charge in [0.2, 0.25) is 11.8 Å². The second-order valence-corrected chi connectivity index (χ2v) is 8.89. The first-order valence-corrected chi connectivity index (χ1v) is 10.6. The number of fused-ring (bicyclic) bond motifs is 1. The number of carbonyl (C=O) groups excluding carboxylic acids is 1. The highest BCUT2D eigenvalue weighted by Gasteiger charge is 2.16. The van der Waals surface area contributed by atoms with Crippen molar-refractivity contribution in [3.05, 3.63) is 50.5 Å². The molecule has 0 fully saturated rings. The second kappa shape index (κ2) is 8.74. The number of carbonyl (C=O) groups is 1. The Morgan fingerprint density at radius 1 is 1.39 bits per heavy atom. The van der Waals surface area contributed by atoms with Crippen molar-refractivity contribution in [2.45, 2.75) is 38.3 Å². The van der Waals surface area contributed by atoms with E-state index in [0.29, 0.717) is 29.4 Å². The zero-order valence-corrected chi connectivity index (χ0v) is 17.8. The van der Waals surface area contributed by atoms with E-state index < -0.39 is 0 Å². The van der Waals surface area contributed by atoms with Crippen LogP contribution in [0.1, 0.15) is 28.8 Å². The Morgan fingerprint density at radius 3 is 2.86 bits per heavy atom. The number of hydrogen-bond donors (Lipinski definition) is 2. The highest BCUT2D eigenvalue weighted by atomic mass is 32.2. The largest absolute Gasteiger partial charge is 0.481 e. The summed E-state index contributed by atoms with van der Waals surface area (Å²) in [6.45, 7) is 6.16. The predicted molar refractivity (Wildman–Crippen MR) is 113 cm³/mol. The van der Waals surface area contributed by atoms with Crippen molar-refractivity contribution in [1.82, 2.24) is 20.3 Å². The van der Waals surface area contributed by atoms with Crippen LogP contribution in [0.4, 0.5) is 0 Å². The van der Waals surface area contributed by atoms with Crippen LogP contribution in [0.15, 0.2) is 23.1 Å². The number of aromatic amines is 1. The molecule has 3 aromatic rings. The molecule has 1 amide bonds. The standard InChI is InChI=1S/C19H22N4O3S2/c1-10-11(2)28-19-16(10)18(25)22-14(23-19)9-27-12(3)17(24)21-8-13-5-6-15(26-4)20-7-13/h5-7,12H,8-9H2,1-4H3,(H,21,24)(H,22,23,25). The molecule has 9 heteroatoms. The van der Waals surface area contributed by atoms with Crippen molar-refractivity contribution in [3.63, 3.8) is 0 Å². The second-order valence-electron chi connectivity index (χ2n) is 6.36. The van der Waals surface area contributed by atoms with E-state index in [0.717, 1.165) is 20.8 Å². The minimum absolute atomic E-state index is 0.0768. The third kappa shape index (κ3) is 4.53. The molecule has 28 heavy (non-hydrogen) atoms. The van der Waals surface area contributed by atoms with Crippen LogP contribution in [0, 0.1) is 13.8 Å². The van der Waals surface area contributed by atoms with Crippen molar-refractivity contribution in [2.75, 3.05) is 7.11 Å². The first-order chi connectivity index (χ1) is 13.4. The summed E-state index contributed by atoms with van der Waals surface area (Å²) in [5, 5.41) is 3.28. The Bertz CT molecular complexity index is 1040. The Labute approximate surface area is 170 Å². The lowest BCUT2D eigenvalue weighted by atomic mass is 10.2. The molecule has 0 radical (unpaired) electrons. The Morgan fingerprint density at radius 2 is 2.18 bits per heavy atom. The third-order valence-corrected chi connectivity index (χ3v) is 6.66. The number of pyridine rings is 1. The van der Waals surface area contributed by atoms with E-state index in [9.17, 15) is 9.59 Å². The maximum atomic E-state index is 12.3. The van der Waals surface area contributed by atoms with Gasteiger partial charge in [0.05, 0.1) is 23.5 Å². The van der Waals surface area contributed by atoms with Gasteiger partial charge < -0.3 is 15.0 Å². The number of methoxy groups -OCH3 is 1. The molecule has 0 aromatic carbocycles. The summed E-state index contributed by atoms with van der Waals surface area (Å²) in [7, 11) is 1.56. The maximum absolute atomic E-state index is 12.3. The average molecular weight is 419 g/mol. The zero-order valence-electron chi connectivity index (χ0n) is 16.2. The molecular formula is C19H22N4O3S2. The van der Waals surface area contributed by atoms with E-state index in [1.165, 1.54) is 23.1 Å². The summed E-state index contributed by atoms with van der Waals surface area (Å²) in [6, 6.07) is 3.62. The highest BCUT2D eigenvalue weighted by molar-refractivity contribution is 7.99. The summed E-state index contributed by atoms with van der Waals surface area (Å²) in [5.41, 5.74) is 1.76. The molecule has 0 aliphatic carbocycles. The van der Waals surface area contributed by atoms with Crippen LogP contribution in [0.2, 0.25) is 0 Å². The number of nitrogens with zero attached hydrogens (tertiary/aromatic N) is 2. The van der Waals surface area contributed by atoms with Gasteiger partial charge in [-0.3, -0.25) is 9.59 Å². The Hall–Kier alpha value is -2.39. The van der Waals surface area contributed by atoms with Gasteiger partial charge in [0, 0.05) is 23.7 Å². The van der Waals surface area contributed by atoms with Crippen LogP contribution >= 0.6 is 23.1 Å². The molecule has 0 spiro atoms. The molecule has 3 heterocycles. The van der Waals surface area contributed by atoms with Crippen LogP contribution in [-0.4, -0.2) is 33.2 Å². The van der Waals surface area contributed by atoms with Crippen molar-refractivity contribution in [3.8, 4) is 5.88 Å². The van der Waals surface area contributed by atoms with E-state index in [1.54, 1.807) is 19.4 Å². The fourth-order valence-corrected chi connectivity index (χ4v) is 4.44. The van der Waals surface area contributed by atoms with Crippen molar-refractivity contribution < 1.29 is 9.53 Å². The molecule has 7 nitrogen and oxygen atoms in total. The summed E-state index contributed by atoms with van der Waals surface area (Å²) in [5.74, 6) is 1.50. The first kappa shape index (κ1) is 20.3. The van der Waals surface area contributed by atoms with Gasteiger partial charge in [-0.2, -0.15) is 0 Å². The predicted octanol–water partition coefficient (Wildman–Crippen LogP) is 2.94. The van der Waals surface area contributed by atoms with Crippen LogP contribution in [-0.2, 0) is 17.1 Å². The van der Waals surface area contributed by atoms with Gasteiger partial charge >= 0.3 is 0 Å². The molecule has 2 N–H and O–H groups in total. The van der Waals surface area contributed by atoms with Gasteiger partial charge in [-0.15, -0.1) is 23.1 Å². The maximum Gasteiger partial charge on any atom is 0.259 e. The summed E-state index contributed by atoms with van der Waals surface area (Å²) in [4.78, 5) is 38.0. The molecule has 0 aliphatic heterocycles. The van der Waals surface area contributed by atoms with Crippen molar-refractivity contribution in [1.29, 1.82) is 0 Å². The van der Waals surface area contributed by atoms with Gasteiger partial charge in [-0.25, -0.2) is 9.97 Å². The molecule has 1 unspecified atom stereocenters. The number of aromatic nitrogens is 3. The van der Waals surface area contributed by atoms with Gasteiger partial charge in [0.15, 0.2) is 0 Å². The van der Waals surface area contributed by atoms with E-state index >= 15 is 0 Å². The number of ether oxygens (including phenoxy) is 1. The van der Waals surface area contributed by atoms with Gasteiger partial charge in [0.25, 0.3) is 5.56 Å². The third-order valence-electron chi connectivity index (χ3n) is 4.40. The SMILES string of the molecule is COc1ccc(CNC(=O)C(C)SCc2nc3sc(C)c(C)c3c(=O)[nH]2)cn1. The van der Waals surface area contributed by atoms with Crippen molar-refractivity contribution >= 4 is 39.2 Å². The number of H-pyrrole nitrogens is 1. The van der Waals surface area contributed by atoms with Gasteiger partial charge in [0.1, 0.15) is 10.7 Å². The molecule has 148 valence electrons. The smallest absolute Gasteiger partial charge is 0.259 e. The topological polar surface area (TPSA) is 97.0 Å². The fraction of sp³-hybridized carbons (Fsp3) is 0.368. The monoisotopic (exact) mass is 418 g/mol. The molecule has 0 bridgehead atoms. The van der Waals surface area contributed by atoms with E-state index in [-0.39, 0.29) is 16.7 Å². The molecule has 3 aromatic heterocycles. The van der Waals surface area contributed by atoms with Crippen LogP contribution in [0.3, 0.4) is 0 Å². The Kier molecular flexibility index (Phi) is 6.35. The lowest BCUT2D eigenvalue weighted by Gasteiger charge is -2.12. The van der Waals surface area contributed by atoms with Crippen LogP contribution in [0.25, 0.3) is 10.2 Å². The fourth-order valence-electron chi connectivity index (χ4n) is 2.62. The molecule has 1 atom stereocenters. The number of thiophene rings is 1. The number of rotatable bonds is 7. The lowest BCUT2D eigenvalue weighted by molar-refractivity contribution is -0.120. The van der Waals surface area contributed by atoms with E-state index in [2.05, 4.69) is 20.3 Å². The minimum atomic E-state index is -0.279. The number of hydrogen-bond acceptors (Lipinski definition) is 7. The first-order valence-electron chi connectivity index (χ1n) is 8.76. The normalized spacial score (nSPS) is 12.1. The molecular weight excluding hydrogens is 396 g/mol. The number of aryl methyl sites for hydroxylation is 2. The number of amides is 1. The van der Waals surface area contributed by atoms with E-state index in [4.69, 9.17) is 4.74 Å². The number of thioether (sulfide) groups is 1. The lowest BCUT2D eigenvalue weighted by Crippen LogP contribution is -2.30. The summed E-state index contributed by atoms with van der Waals surface area (Å²) >= 11 is 2.95. The van der Waals surface area contributed by atoms with Crippen molar-refractivity contribution in [2.24, 2.45) is 0 Å².